The van der Waals surface area contributed by atoms with E-state index < -0.39 is 0 Å². The molecule has 30 heavy (non-hydrogen) atoms. The number of benzene rings is 1. The second kappa shape index (κ2) is 11.7. The van der Waals surface area contributed by atoms with Crippen LogP contribution in [0.3, 0.4) is 0 Å². The first-order valence-corrected chi connectivity index (χ1v) is 9.93. The molecule has 2 heterocycles. The van der Waals surface area contributed by atoms with Crippen LogP contribution in [0, 0.1) is 0 Å². The second-order valence-electron chi connectivity index (χ2n) is 6.66. The molecule has 0 unspecified atom stereocenters. The molecule has 1 fully saturated rings. The van der Waals surface area contributed by atoms with E-state index in [4.69, 9.17) is 14.1 Å². The van der Waals surface area contributed by atoms with Crippen LogP contribution >= 0.6 is 24.0 Å². The Morgan fingerprint density at radius 2 is 1.93 bits per heavy atom. The minimum atomic E-state index is -0.0795. The van der Waals surface area contributed by atoms with Crippen LogP contribution in [0.25, 0.3) is 0 Å². The van der Waals surface area contributed by atoms with E-state index in [-0.39, 0.29) is 35.6 Å². The summed E-state index contributed by atoms with van der Waals surface area (Å²) >= 11 is 0. The van der Waals surface area contributed by atoms with Gasteiger partial charge >= 0.3 is 0 Å². The van der Waals surface area contributed by atoms with Crippen molar-refractivity contribution < 1.29 is 19.1 Å². The average Bonchev–Trinajstić information content (AvgIpc) is 3.28. The molecule has 9 heteroatoms. The van der Waals surface area contributed by atoms with E-state index in [1.165, 1.54) is 6.26 Å². The molecule has 1 saturated heterocycles. The fourth-order valence-electron chi connectivity index (χ4n) is 3.20. The number of phenols is 1. The predicted octanol–water partition coefficient (Wildman–Crippen LogP) is 2.93. The van der Waals surface area contributed by atoms with Gasteiger partial charge in [-0.15, -0.1) is 24.0 Å². The number of aromatic hydroxyl groups is 1. The van der Waals surface area contributed by atoms with Crippen molar-refractivity contribution in [1.29, 1.82) is 0 Å². The molecule has 0 aliphatic carbocycles. The molecule has 0 atom stereocenters. The number of hydrogen-bond donors (Lipinski definition) is 2. The first-order valence-electron chi connectivity index (χ1n) is 9.93. The van der Waals surface area contributed by atoms with Gasteiger partial charge in [-0.1, -0.05) is 6.07 Å². The third kappa shape index (κ3) is 6.04. The van der Waals surface area contributed by atoms with Crippen LogP contribution in [0.2, 0.25) is 0 Å². The van der Waals surface area contributed by atoms with E-state index in [9.17, 15) is 9.90 Å². The fourth-order valence-corrected chi connectivity index (χ4v) is 3.20. The summed E-state index contributed by atoms with van der Waals surface area (Å²) in [7, 11) is 0. The topological polar surface area (TPSA) is 90.5 Å². The quantitative estimate of drug-likeness (QED) is 0.341. The number of nitrogens with one attached hydrogen (secondary N) is 1. The summed E-state index contributed by atoms with van der Waals surface area (Å²) in [5.74, 6) is 1.70. The number of amides is 1. The van der Waals surface area contributed by atoms with Crippen LogP contribution in [-0.2, 0) is 6.54 Å². The number of phenolic OH excluding ortho intramolecular Hbond substituents is 1. The molecule has 164 valence electrons. The number of nitrogens with zero attached hydrogens (tertiary/aromatic N) is 3. The maximum absolute atomic E-state index is 12.4. The van der Waals surface area contributed by atoms with E-state index in [1.54, 1.807) is 23.1 Å². The lowest BCUT2D eigenvalue weighted by atomic mass is 10.2. The Bertz CT molecular complexity index is 834. The number of carbonyl (C=O) groups is 1. The summed E-state index contributed by atoms with van der Waals surface area (Å²) in [4.78, 5) is 21.1. The smallest absolute Gasteiger partial charge is 0.289 e. The molecule has 1 aliphatic rings. The number of piperazine rings is 1. The zero-order valence-corrected chi connectivity index (χ0v) is 19.7. The Labute approximate surface area is 193 Å². The normalized spacial score (nSPS) is 14.3. The highest BCUT2D eigenvalue weighted by Gasteiger charge is 2.25. The second-order valence-corrected chi connectivity index (χ2v) is 6.66. The van der Waals surface area contributed by atoms with Gasteiger partial charge in [-0.25, -0.2) is 4.99 Å². The number of halogens is 1. The molecule has 3 rings (SSSR count). The van der Waals surface area contributed by atoms with Gasteiger partial charge in [0.25, 0.3) is 5.91 Å². The summed E-state index contributed by atoms with van der Waals surface area (Å²) in [6, 6.07) is 8.69. The van der Waals surface area contributed by atoms with Gasteiger partial charge in [0.1, 0.15) is 0 Å². The summed E-state index contributed by atoms with van der Waals surface area (Å²) in [5, 5.41) is 13.2. The molecule has 8 nitrogen and oxygen atoms in total. The number of furan rings is 1. The molecule has 1 aromatic heterocycles. The fraction of sp³-hybridized carbons (Fsp3) is 0.429. The van der Waals surface area contributed by atoms with E-state index in [2.05, 4.69) is 10.2 Å². The number of rotatable bonds is 6. The van der Waals surface area contributed by atoms with Gasteiger partial charge in [-0.2, -0.15) is 0 Å². The number of hydrogen-bond acceptors (Lipinski definition) is 5. The zero-order chi connectivity index (χ0) is 20.6. The monoisotopic (exact) mass is 528 g/mol. The molecule has 2 N–H and O–H groups in total. The molecule has 1 aromatic carbocycles. The number of guanidine groups is 1. The third-order valence-corrected chi connectivity index (χ3v) is 4.67. The van der Waals surface area contributed by atoms with Crippen LogP contribution in [0.4, 0.5) is 0 Å². The van der Waals surface area contributed by atoms with Crippen LogP contribution in [-0.4, -0.2) is 66.1 Å². The van der Waals surface area contributed by atoms with Gasteiger partial charge < -0.3 is 29.4 Å². The summed E-state index contributed by atoms with van der Waals surface area (Å²) in [6.07, 6.45) is 1.51. The highest BCUT2D eigenvalue weighted by molar-refractivity contribution is 14.0. The minimum Gasteiger partial charge on any atom is -0.504 e. The maximum Gasteiger partial charge on any atom is 0.289 e. The van der Waals surface area contributed by atoms with E-state index >= 15 is 0 Å². The Kier molecular flexibility index (Phi) is 9.28. The molecule has 1 aliphatic heterocycles. The number of carbonyl (C=O) groups excluding carboxylic acids is 1. The first-order chi connectivity index (χ1) is 14.1. The summed E-state index contributed by atoms with van der Waals surface area (Å²) in [5.41, 5.74) is 0.952. The summed E-state index contributed by atoms with van der Waals surface area (Å²) < 4.78 is 10.7. The van der Waals surface area contributed by atoms with Crippen molar-refractivity contribution >= 4 is 35.8 Å². The van der Waals surface area contributed by atoms with Gasteiger partial charge in [0.15, 0.2) is 23.2 Å². The van der Waals surface area contributed by atoms with Crippen molar-refractivity contribution in [3.8, 4) is 11.5 Å². The average molecular weight is 528 g/mol. The lowest BCUT2D eigenvalue weighted by Gasteiger charge is -2.36. The Morgan fingerprint density at radius 3 is 2.57 bits per heavy atom. The van der Waals surface area contributed by atoms with Crippen LogP contribution in [0.15, 0.2) is 46.0 Å². The van der Waals surface area contributed by atoms with Crippen LogP contribution in [0.1, 0.15) is 30.0 Å². The molecule has 0 bridgehead atoms. The number of ether oxygens (including phenoxy) is 1. The molecular formula is C21H29IN4O4. The maximum atomic E-state index is 12.4. The van der Waals surface area contributed by atoms with Crippen molar-refractivity contribution in [1.82, 2.24) is 15.1 Å². The molecule has 0 spiro atoms. The SMILES string of the molecule is CCNC(=NCc1ccc(O)c(OCC)c1)N1CCN(C(=O)c2ccco2)CC1.I. The largest absolute Gasteiger partial charge is 0.504 e. The lowest BCUT2D eigenvalue weighted by Crippen LogP contribution is -2.53. The van der Waals surface area contributed by atoms with E-state index in [1.807, 2.05) is 26.0 Å². The molecular weight excluding hydrogens is 499 g/mol. The highest BCUT2D eigenvalue weighted by Crippen LogP contribution is 2.27. The van der Waals surface area contributed by atoms with Crippen molar-refractivity contribution in [2.75, 3.05) is 39.3 Å². The van der Waals surface area contributed by atoms with Crippen molar-refractivity contribution in [3.63, 3.8) is 0 Å². The standard InChI is InChI=1S/C21H28N4O4.HI/c1-3-22-21(23-15-16-7-8-17(26)19(14-16)28-4-2)25-11-9-24(10-12-25)20(27)18-6-5-13-29-18;/h5-8,13-14,26H,3-4,9-12,15H2,1-2H3,(H,22,23);1H. The highest BCUT2D eigenvalue weighted by atomic mass is 127. The Morgan fingerprint density at radius 1 is 1.20 bits per heavy atom. The van der Waals surface area contributed by atoms with Crippen LogP contribution < -0.4 is 10.1 Å². The van der Waals surface area contributed by atoms with Gasteiger partial charge in [0, 0.05) is 32.7 Å². The van der Waals surface area contributed by atoms with Crippen molar-refractivity contribution in [3.05, 3.63) is 47.9 Å². The Hall–Kier alpha value is -2.43. The molecule has 2 aromatic rings. The Balaban J connectivity index is 0.00000320. The summed E-state index contributed by atoms with van der Waals surface area (Å²) in [6.45, 7) is 8.22. The van der Waals surface area contributed by atoms with Crippen LogP contribution in [0.5, 0.6) is 11.5 Å². The van der Waals surface area contributed by atoms with Gasteiger partial charge in [-0.3, -0.25) is 4.79 Å². The van der Waals surface area contributed by atoms with E-state index in [0.717, 1.165) is 18.1 Å². The molecule has 0 radical (unpaired) electrons. The zero-order valence-electron chi connectivity index (χ0n) is 17.3. The van der Waals surface area contributed by atoms with Gasteiger partial charge in [-0.05, 0) is 43.7 Å². The number of aliphatic imine (C=N–C) groups is 1. The lowest BCUT2D eigenvalue weighted by molar-refractivity contribution is 0.0657. The molecule has 0 saturated carbocycles. The van der Waals surface area contributed by atoms with E-state index in [0.29, 0.717) is 50.8 Å². The minimum absolute atomic E-state index is 0. The van der Waals surface area contributed by atoms with Crippen molar-refractivity contribution in [2.45, 2.75) is 20.4 Å². The van der Waals surface area contributed by atoms with Crippen molar-refractivity contribution in [2.24, 2.45) is 4.99 Å². The third-order valence-electron chi connectivity index (χ3n) is 4.67. The first kappa shape index (κ1) is 23.8. The van der Waals surface area contributed by atoms with Gasteiger partial charge in [0.2, 0.25) is 0 Å². The van der Waals surface area contributed by atoms with Gasteiger partial charge in [0.05, 0.1) is 19.4 Å². The predicted molar refractivity (Wildman–Crippen MR) is 126 cm³/mol. The molecule has 1 amide bonds.